The number of hydrogen-bond donors (Lipinski definition) is 4. The Morgan fingerprint density at radius 2 is 1.00 bits per heavy atom. The average molecular weight is 115 g/mol. The summed E-state index contributed by atoms with van der Waals surface area (Å²) in [5.41, 5.74) is 0. The van der Waals surface area contributed by atoms with Crippen LogP contribution in [0.25, 0.3) is 0 Å². The maximum atomic E-state index is 7.17. The molecule has 4 nitrogen and oxygen atoms in total. The van der Waals surface area contributed by atoms with E-state index in [2.05, 4.69) is 0 Å². The maximum absolute atomic E-state index is 7.17. The van der Waals surface area contributed by atoms with E-state index in [1.54, 1.807) is 0 Å². The van der Waals surface area contributed by atoms with Crippen LogP contribution in [0.4, 0.5) is 0 Å². The van der Waals surface area contributed by atoms with Crippen molar-refractivity contribution >= 4 is 7.32 Å². The zero-order valence-corrected chi connectivity index (χ0v) is 4.05. The van der Waals surface area contributed by atoms with E-state index in [1.807, 2.05) is 0 Å². The van der Waals surface area contributed by atoms with Crippen molar-refractivity contribution in [3.05, 3.63) is 0 Å². The van der Waals surface area contributed by atoms with Gasteiger partial charge in [0.25, 0.3) is 0 Å². The van der Waals surface area contributed by atoms with Crippen LogP contribution >= 0.6 is 0 Å². The molecule has 0 aromatic heterocycles. The van der Waals surface area contributed by atoms with Crippen LogP contribution in [0.5, 0.6) is 0 Å². The fourth-order valence-corrected chi connectivity index (χ4v) is 0. The Morgan fingerprint density at radius 3 is 1.00 bits per heavy atom. The highest BCUT2D eigenvalue weighted by atomic mass is 35.5. The molecule has 0 fully saturated rings. The molecule has 0 atom stereocenters. The molecule has 0 rings (SSSR count). The molecule has 0 spiro atoms. The lowest BCUT2D eigenvalue weighted by atomic mass is 10.3. The molecule has 7 N–H and O–H groups in total. The smallest absolute Gasteiger partial charge is 0.631 e. The summed E-state index contributed by atoms with van der Waals surface area (Å²) in [6.45, 7) is 0. The molecule has 0 heterocycles. The van der Waals surface area contributed by atoms with Crippen LogP contribution in [0, 0.1) is 0 Å². The topological polar surface area (TPSA) is 97.2 Å². The molecular weight excluding hydrogens is 108 g/mol. The molecule has 40 valence electrons. The van der Waals surface area contributed by atoms with Crippen molar-refractivity contribution in [2.75, 3.05) is 0 Å². The third-order valence-corrected chi connectivity index (χ3v) is 0. The third-order valence-electron chi connectivity index (χ3n) is 0. The van der Waals surface area contributed by atoms with E-state index >= 15 is 0 Å². The molecule has 6 heteroatoms. The van der Waals surface area contributed by atoms with Gasteiger partial charge in [-0.15, -0.1) is 0 Å². The first-order valence-corrected chi connectivity index (χ1v) is 0.775. The summed E-state index contributed by atoms with van der Waals surface area (Å²) in [6, 6.07) is 0. The largest absolute Gasteiger partial charge is 1.00 e. The first kappa shape index (κ1) is 16.4. The summed E-state index contributed by atoms with van der Waals surface area (Å²) in [4.78, 5) is 0. The van der Waals surface area contributed by atoms with Crippen LogP contribution in [-0.4, -0.2) is 22.4 Å². The van der Waals surface area contributed by atoms with Gasteiger partial charge in [-0.1, -0.05) is 0 Å². The Bertz CT molecular complexity index is 15.5. The van der Waals surface area contributed by atoms with Gasteiger partial charge in [0.05, 0.1) is 0 Å². The highest BCUT2D eigenvalue weighted by Crippen LogP contribution is 1.40. The minimum absolute atomic E-state index is 0. The molecular formula is H7BClNO3. The fourth-order valence-electron chi connectivity index (χ4n) is 0. The number of quaternary nitrogens is 1. The monoisotopic (exact) mass is 115 g/mol. The standard InChI is InChI=1S/BH3O3.ClH.H3N/c2-1(3)4;;/h2-4H;1H;1H3. The highest BCUT2D eigenvalue weighted by molar-refractivity contribution is 6.30. The third kappa shape index (κ3) is 1130. The molecule has 0 radical (unpaired) electrons. The second-order valence-corrected chi connectivity index (χ2v) is 0.346. The quantitative estimate of drug-likeness (QED) is 0.239. The normalized spacial score (nSPS) is 4.50. The molecule has 0 saturated heterocycles. The second-order valence-electron chi connectivity index (χ2n) is 0.346. The van der Waals surface area contributed by atoms with Gasteiger partial charge < -0.3 is 33.6 Å². The molecule has 0 amide bonds. The summed E-state index contributed by atoms with van der Waals surface area (Å²) in [5.74, 6) is 0. The van der Waals surface area contributed by atoms with E-state index in [4.69, 9.17) is 15.1 Å². The Hall–Kier alpha value is 0.195. The summed E-state index contributed by atoms with van der Waals surface area (Å²) < 4.78 is 0. The molecule has 0 aliphatic heterocycles. The summed E-state index contributed by atoms with van der Waals surface area (Å²) >= 11 is 0. The lowest BCUT2D eigenvalue weighted by molar-refractivity contribution is -0.00000736. The molecule has 6 heavy (non-hydrogen) atoms. The number of rotatable bonds is 0. The van der Waals surface area contributed by atoms with Crippen molar-refractivity contribution in [1.29, 1.82) is 0 Å². The van der Waals surface area contributed by atoms with Crippen LogP contribution in [-0.2, 0) is 0 Å². The van der Waals surface area contributed by atoms with Gasteiger partial charge in [0.2, 0.25) is 0 Å². The van der Waals surface area contributed by atoms with Crippen molar-refractivity contribution in [2.24, 2.45) is 0 Å². The van der Waals surface area contributed by atoms with Crippen molar-refractivity contribution < 1.29 is 27.5 Å². The first-order valence-electron chi connectivity index (χ1n) is 0.775. The van der Waals surface area contributed by atoms with E-state index in [9.17, 15) is 0 Å². The van der Waals surface area contributed by atoms with Crippen molar-refractivity contribution in [3.8, 4) is 0 Å². The van der Waals surface area contributed by atoms with Crippen LogP contribution in [0.2, 0.25) is 0 Å². The molecule has 0 aromatic rings. The van der Waals surface area contributed by atoms with E-state index in [0.717, 1.165) is 0 Å². The van der Waals surface area contributed by atoms with Crippen molar-refractivity contribution in [3.63, 3.8) is 0 Å². The van der Waals surface area contributed by atoms with E-state index in [1.165, 1.54) is 0 Å². The van der Waals surface area contributed by atoms with E-state index in [0.29, 0.717) is 0 Å². The predicted octanol–water partition coefficient (Wildman–Crippen LogP) is -4.67. The predicted molar refractivity (Wildman–Crippen MR) is 18.4 cm³/mol. The average Bonchev–Trinajstić information content (AvgIpc) is 0.811. The molecule has 0 saturated carbocycles. The van der Waals surface area contributed by atoms with Gasteiger partial charge in [0.15, 0.2) is 0 Å². The van der Waals surface area contributed by atoms with Gasteiger partial charge >= 0.3 is 7.32 Å². The minimum Gasteiger partial charge on any atom is -1.00 e. The van der Waals surface area contributed by atoms with E-state index < -0.39 is 7.32 Å². The molecule has 0 unspecified atom stereocenters. The second kappa shape index (κ2) is 8.96. The lowest BCUT2D eigenvalue weighted by Gasteiger charge is -1.69. The molecule has 0 aliphatic rings. The number of halogens is 1. The van der Waals surface area contributed by atoms with E-state index in [-0.39, 0.29) is 18.6 Å². The Balaban J connectivity index is -0.0000000450. The van der Waals surface area contributed by atoms with Gasteiger partial charge in [-0.3, -0.25) is 0 Å². The Labute approximate surface area is 42.0 Å². The maximum Gasteiger partial charge on any atom is 0.631 e. The first-order chi connectivity index (χ1) is 1.73. The fraction of sp³-hybridized carbons (Fsp3) is 0. The molecule has 0 aromatic carbocycles. The van der Waals surface area contributed by atoms with Gasteiger partial charge in [-0.05, 0) is 0 Å². The van der Waals surface area contributed by atoms with Crippen LogP contribution in [0.15, 0.2) is 0 Å². The van der Waals surface area contributed by atoms with Crippen LogP contribution in [0.1, 0.15) is 0 Å². The van der Waals surface area contributed by atoms with Crippen molar-refractivity contribution in [2.45, 2.75) is 0 Å². The highest BCUT2D eigenvalue weighted by Gasteiger charge is 1.92. The molecule has 0 bridgehead atoms. The van der Waals surface area contributed by atoms with Gasteiger partial charge in [0, 0.05) is 0 Å². The van der Waals surface area contributed by atoms with Gasteiger partial charge in [-0.25, -0.2) is 0 Å². The minimum atomic E-state index is -2.17. The van der Waals surface area contributed by atoms with Crippen LogP contribution < -0.4 is 18.6 Å². The van der Waals surface area contributed by atoms with Crippen molar-refractivity contribution in [1.82, 2.24) is 6.15 Å². The van der Waals surface area contributed by atoms with Crippen LogP contribution in [0.3, 0.4) is 0 Å². The summed E-state index contributed by atoms with van der Waals surface area (Å²) in [5, 5.41) is 21.5. The summed E-state index contributed by atoms with van der Waals surface area (Å²) in [6.07, 6.45) is 0. The molecule has 0 aliphatic carbocycles. The number of hydrogen-bond acceptors (Lipinski definition) is 3. The van der Waals surface area contributed by atoms with Gasteiger partial charge in [-0.2, -0.15) is 0 Å². The summed E-state index contributed by atoms with van der Waals surface area (Å²) in [7, 11) is -2.17. The zero-order chi connectivity index (χ0) is 3.58. The zero-order valence-electron chi connectivity index (χ0n) is 3.30. The Kier molecular flexibility index (Phi) is 24.4. The lowest BCUT2D eigenvalue weighted by Crippen LogP contribution is -3.00. The Morgan fingerprint density at radius 1 is 1.00 bits per heavy atom. The SMILES string of the molecule is OB(O)O.[Cl-].[NH4+]. The van der Waals surface area contributed by atoms with Gasteiger partial charge in [0.1, 0.15) is 0 Å².